The predicted octanol–water partition coefficient (Wildman–Crippen LogP) is 19.6. The Labute approximate surface area is 530 Å². The molecule has 0 aromatic rings. The summed E-state index contributed by atoms with van der Waals surface area (Å²) >= 11 is 0. The first-order chi connectivity index (χ1) is 42.6. The predicted molar refractivity (Wildman–Crippen MR) is 358 cm³/mol. The first kappa shape index (κ1) is 80.7. The molecule has 3 N–H and O–H groups in total. The van der Waals surface area contributed by atoms with Crippen molar-refractivity contribution in [3.8, 4) is 0 Å². The van der Waals surface area contributed by atoms with E-state index in [4.69, 9.17) is 23.7 Å². The zero-order chi connectivity index (χ0) is 63.1. The molecule has 1 fully saturated rings. The first-order valence-corrected chi connectivity index (χ1v) is 35.2. The van der Waals surface area contributed by atoms with Gasteiger partial charge in [-0.3, -0.25) is 14.4 Å². The molecule has 0 spiro atoms. The van der Waals surface area contributed by atoms with Crippen LogP contribution in [0.5, 0.6) is 0 Å². The van der Waals surface area contributed by atoms with E-state index in [0.717, 1.165) is 154 Å². The Kier molecular flexibility index (Phi) is 57.3. The van der Waals surface area contributed by atoms with Crippen LogP contribution in [-0.2, 0) is 42.9 Å². The molecule has 87 heavy (non-hydrogen) atoms. The van der Waals surface area contributed by atoms with Gasteiger partial charge in [0.1, 0.15) is 18.8 Å². The van der Waals surface area contributed by atoms with Crippen molar-refractivity contribution in [3.05, 3.63) is 97.2 Å². The molecular formula is C75H126O12. The SMILES string of the molecule is CC/C=C\C/C=C\C/C=C\C/C=C\CCCCCCCCC(=O)OCC(COC1OC(C(=O)O)C(O)C(O)C1OC(=O)CCCCCCCCCCCCCCCCCCCCC)OC(=O)CCCCCCCC/C=C\C/C=C\C/C=C\C/C=C\CC. The van der Waals surface area contributed by atoms with Gasteiger partial charge in [-0.25, -0.2) is 4.79 Å². The molecule has 498 valence electrons. The molecule has 12 nitrogen and oxygen atoms in total. The second kappa shape index (κ2) is 61.9. The van der Waals surface area contributed by atoms with E-state index in [2.05, 4.69) is 118 Å². The van der Waals surface area contributed by atoms with Crippen molar-refractivity contribution < 1.29 is 58.2 Å². The van der Waals surface area contributed by atoms with E-state index in [-0.39, 0.29) is 25.9 Å². The lowest BCUT2D eigenvalue weighted by Gasteiger charge is -2.40. The molecular weight excluding hydrogens is 1090 g/mol. The van der Waals surface area contributed by atoms with Gasteiger partial charge in [0.25, 0.3) is 0 Å². The molecule has 0 radical (unpaired) electrons. The zero-order valence-corrected chi connectivity index (χ0v) is 55.2. The maximum absolute atomic E-state index is 13.2. The lowest BCUT2D eigenvalue weighted by atomic mass is 9.98. The molecule has 1 heterocycles. The molecule has 0 amide bonds. The van der Waals surface area contributed by atoms with Gasteiger partial charge < -0.3 is 39.0 Å². The fourth-order valence-corrected chi connectivity index (χ4v) is 10.4. The second-order valence-corrected chi connectivity index (χ2v) is 23.8. The third-order valence-corrected chi connectivity index (χ3v) is 15.7. The number of aliphatic hydroxyl groups excluding tert-OH is 2. The standard InChI is InChI=1S/C75H126O12/c1-4-7-10-13-16-19-22-25-28-31-34-37-40-43-46-49-52-55-58-61-67(76)83-64-66(85-68(77)62-59-56-53-50-47-44-41-38-35-32-29-26-23-20-17-14-11-8-5-2)65-84-75-73(71(80)70(79)72(87-75)74(81)82)86-69(78)63-60-57-54-51-48-45-42-39-36-33-30-27-24-21-18-15-12-9-6-3/h7-8,10-11,16-17,19-20,25-26,28-29,34-35,37-38,66,70-73,75,79-80H,4-6,9,12-15,18,21-24,27,30-33,36,39-65H2,1-3H3,(H,81,82)/b10-7-,11-8-,19-16-,20-17-,28-25-,29-26-,37-34-,38-35-. The Hall–Kier alpha value is -4.36. The van der Waals surface area contributed by atoms with Gasteiger partial charge >= 0.3 is 23.9 Å². The Morgan fingerprint density at radius 1 is 0.391 bits per heavy atom. The van der Waals surface area contributed by atoms with E-state index in [1.54, 1.807) is 0 Å². The van der Waals surface area contributed by atoms with Gasteiger partial charge in [-0.2, -0.15) is 0 Å². The van der Waals surface area contributed by atoms with Crippen molar-refractivity contribution in [2.45, 2.75) is 340 Å². The summed E-state index contributed by atoms with van der Waals surface area (Å²) in [5, 5.41) is 31.7. The highest BCUT2D eigenvalue weighted by Gasteiger charge is 2.50. The van der Waals surface area contributed by atoms with Crippen molar-refractivity contribution in [2.75, 3.05) is 13.2 Å². The molecule has 0 aliphatic carbocycles. The molecule has 0 aromatic carbocycles. The van der Waals surface area contributed by atoms with Crippen LogP contribution in [0.3, 0.4) is 0 Å². The summed E-state index contributed by atoms with van der Waals surface area (Å²) in [6, 6.07) is 0. The monoisotopic (exact) mass is 1220 g/mol. The average molecular weight is 1220 g/mol. The molecule has 0 bridgehead atoms. The summed E-state index contributed by atoms with van der Waals surface area (Å²) in [5.74, 6) is -3.14. The normalized spacial score (nSPS) is 17.9. The third-order valence-electron chi connectivity index (χ3n) is 15.7. The van der Waals surface area contributed by atoms with Gasteiger partial charge in [0.05, 0.1) is 6.61 Å². The van der Waals surface area contributed by atoms with E-state index >= 15 is 0 Å². The van der Waals surface area contributed by atoms with Crippen LogP contribution in [-0.4, -0.2) is 89.2 Å². The van der Waals surface area contributed by atoms with Crippen molar-refractivity contribution in [1.29, 1.82) is 0 Å². The largest absolute Gasteiger partial charge is 0.479 e. The van der Waals surface area contributed by atoms with Crippen molar-refractivity contribution in [1.82, 2.24) is 0 Å². The Bertz CT molecular complexity index is 1880. The van der Waals surface area contributed by atoms with Crippen LogP contribution in [0.4, 0.5) is 0 Å². The number of carbonyl (C=O) groups excluding carboxylic acids is 3. The summed E-state index contributed by atoms with van der Waals surface area (Å²) in [7, 11) is 0. The highest BCUT2D eigenvalue weighted by atomic mass is 16.7. The topological polar surface area (TPSA) is 175 Å². The van der Waals surface area contributed by atoms with Crippen LogP contribution in [0, 0.1) is 0 Å². The number of esters is 3. The van der Waals surface area contributed by atoms with Crippen LogP contribution in [0.25, 0.3) is 0 Å². The maximum atomic E-state index is 13.2. The highest BCUT2D eigenvalue weighted by Crippen LogP contribution is 2.27. The number of unbranched alkanes of at least 4 members (excludes halogenated alkanes) is 30. The number of ether oxygens (including phenoxy) is 5. The van der Waals surface area contributed by atoms with Crippen LogP contribution < -0.4 is 0 Å². The number of aliphatic hydroxyl groups is 2. The van der Waals surface area contributed by atoms with Crippen LogP contribution in [0.1, 0.15) is 303 Å². The van der Waals surface area contributed by atoms with Crippen molar-refractivity contribution >= 4 is 23.9 Å². The van der Waals surface area contributed by atoms with E-state index in [0.29, 0.717) is 19.3 Å². The van der Waals surface area contributed by atoms with Gasteiger partial charge in [-0.15, -0.1) is 0 Å². The van der Waals surface area contributed by atoms with Gasteiger partial charge in [0.15, 0.2) is 24.6 Å². The van der Waals surface area contributed by atoms with Crippen molar-refractivity contribution in [2.24, 2.45) is 0 Å². The smallest absolute Gasteiger partial charge is 0.335 e. The number of rotatable bonds is 60. The Morgan fingerprint density at radius 3 is 1.10 bits per heavy atom. The summed E-state index contributed by atoms with van der Waals surface area (Å²) in [4.78, 5) is 51.5. The summed E-state index contributed by atoms with van der Waals surface area (Å²) in [6.45, 7) is 5.80. The molecule has 6 unspecified atom stereocenters. The average Bonchev–Trinajstić information content (AvgIpc) is 2.56. The maximum Gasteiger partial charge on any atom is 0.335 e. The fourth-order valence-electron chi connectivity index (χ4n) is 10.4. The minimum atomic E-state index is -1.91. The van der Waals surface area contributed by atoms with Gasteiger partial charge in [-0.05, 0) is 96.3 Å². The van der Waals surface area contributed by atoms with E-state index in [1.165, 1.54) is 89.9 Å². The quantitative estimate of drug-likeness (QED) is 0.0228. The number of carbonyl (C=O) groups is 4. The van der Waals surface area contributed by atoms with Gasteiger partial charge in [-0.1, -0.05) is 285 Å². The van der Waals surface area contributed by atoms with E-state index in [1.807, 2.05) is 0 Å². The molecule has 1 aliphatic heterocycles. The Balaban J connectivity index is 2.65. The van der Waals surface area contributed by atoms with Crippen LogP contribution >= 0.6 is 0 Å². The fraction of sp³-hybridized carbons (Fsp3) is 0.733. The minimum absolute atomic E-state index is 0.0577. The summed E-state index contributed by atoms with van der Waals surface area (Å²) < 4.78 is 28.6. The molecule has 0 aromatic heterocycles. The zero-order valence-electron chi connectivity index (χ0n) is 55.2. The number of allylic oxidation sites excluding steroid dienone is 16. The molecule has 1 saturated heterocycles. The summed E-state index contributed by atoms with van der Waals surface area (Å²) in [5.41, 5.74) is 0. The molecule has 1 aliphatic rings. The number of hydrogen-bond acceptors (Lipinski definition) is 11. The lowest BCUT2D eigenvalue weighted by molar-refractivity contribution is -0.301. The van der Waals surface area contributed by atoms with E-state index < -0.39 is 67.3 Å². The van der Waals surface area contributed by atoms with E-state index in [9.17, 15) is 34.5 Å². The molecule has 6 atom stereocenters. The Morgan fingerprint density at radius 2 is 0.724 bits per heavy atom. The molecule has 1 rings (SSSR count). The first-order valence-electron chi connectivity index (χ1n) is 35.2. The molecule has 0 saturated carbocycles. The third kappa shape index (κ3) is 51.1. The number of hydrogen-bond donors (Lipinski definition) is 3. The number of carboxylic acids is 1. The summed E-state index contributed by atoms with van der Waals surface area (Å²) in [6.07, 6.45) is 70.7. The van der Waals surface area contributed by atoms with Crippen LogP contribution in [0.2, 0.25) is 0 Å². The highest BCUT2D eigenvalue weighted by molar-refractivity contribution is 5.74. The number of aliphatic carboxylic acids is 1. The van der Waals surface area contributed by atoms with Crippen molar-refractivity contribution in [3.63, 3.8) is 0 Å². The number of carboxylic acid groups (broad SMARTS) is 1. The minimum Gasteiger partial charge on any atom is -0.479 e. The molecule has 12 heteroatoms. The van der Waals surface area contributed by atoms with Crippen LogP contribution in [0.15, 0.2) is 97.2 Å². The van der Waals surface area contributed by atoms with Gasteiger partial charge in [0.2, 0.25) is 0 Å². The van der Waals surface area contributed by atoms with Gasteiger partial charge in [0, 0.05) is 19.3 Å². The lowest BCUT2D eigenvalue weighted by Crippen LogP contribution is -2.61. The second-order valence-electron chi connectivity index (χ2n) is 23.8.